The molecule has 1 fully saturated rings. The van der Waals surface area contributed by atoms with Crippen molar-refractivity contribution in [2.45, 2.75) is 25.4 Å². The molecule has 0 radical (unpaired) electrons. The third-order valence-corrected chi connectivity index (χ3v) is 3.54. The highest BCUT2D eigenvalue weighted by molar-refractivity contribution is 5.62. The van der Waals surface area contributed by atoms with Crippen LogP contribution in [0.2, 0.25) is 0 Å². The summed E-state index contributed by atoms with van der Waals surface area (Å²) >= 11 is 0. The van der Waals surface area contributed by atoms with Crippen molar-refractivity contribution in [1.82, 2.24) is 35.7 Å². The zero-order valence-corrected chi connectivity index (χ0v) is 11.4. The zero-order chi connectivity index (χ0) is 14.1. The normalized spacial score (nSPS) is 14.5. The van der Waals surface area contributed by atoms with Crippen LogP contribution in [0.1, 0.15) is 18.5 Å². The molecule has 1 aromatic carbocycles. The maximum atomic E-state index is 4.38. The van der Waals surface area contributed by atoms with Crippen LogP contribution in [0.25, 0.3) is 16.9 Å². The Morgan fingerprint density at radius 1 is 1.29 bits per heavy atom. The van der Waals surface area contributed by atoms with Gasteiger partial charge >= 0.3 is 0 Å². The first kappa shape index (κ1) is 12.2. The summed E-state index contributed by atoms with van der Waals surface area (Å²) in [6, 6.07) is 10.8. The summed E-state index contributed by atoms with van der Waals surface area (Å²) in [4.78, 5) is 0. The first-order valence-electron chi connectivity index (χ1n) is 7.00. The van der Waals surface area contributed by atoms with E-state index in [4.69, 9.17) is 0 Å². The number of tetrazole rings is 1. The molecule has 7 heteroatoms. The first-order chi connectivity index (χ1) is 10.4. The second-order valence-corrected chi connectivity index (χ2v) is 5.24. The monoisotopic (exact) mass is 281 g/mol. The molecule has 2 N–H and O–H groups in total. The fourth-order valence-electron chi connectivity index (χ4n) is 2.23. The number of benzene rings is 1. The third kappa shape index (κ3) is 2.68. The van der Waals surface area contributed by atoms with E-state index in [0.29, 0.717) is 6.04 Å². The molecule has 2 aromatic heterocycles. The van der Waals surface area contributed by atoms with Gasteiger partial charge in [0.1, 0.15) is 6.33 Å². The molecule has 2 heterocycles. The van der Waals surface area contributed by atoms with Crippen molar-refractivity contribution in [2.24, 2.45) is 0 Å². The van der Waals surface area contributed by atoms with Crippen molar-refractivity contribution in [2.75, 3.05) is 0 Å². The van der Waals surface area contributed by atoms with Gasteiger partial charge in [0.2, 0.25) is 0 Å². The molecule has 1 aliphatic carbocycles. The van der Waals surface area contributed by atoms with Gasteiger partial charge < -0.3 is 5.32 Å². The molecule has 0 unspecified atom stereocenters. The van der Waals surface area contributed by atoms with Crippen LogP contribution in [0, 0.1) is 0 Å². The van der Waals surface area contributed by atoms with Crippen molar-refractivity contribution in [1.29, 1.82) is 0 Å². The summed E-state index contributed by atoms with van der Waals surface area (Å²) in [7, 11) is 0. The van der Waals surface area contributed by atoms with Gasteiger partial charge in [0.25, 0.3) is 0 Å². The average molecular weight is 281 g/mol. The van der Waals surface area contributed by atoms with Gasteiger partial charge in [-0.15, -0.1) is 5.10 Å². The van der Waals surface area contributed by atoms with Gasteiger partial charge in [0.15, 0.2) is 0 Å². The lowest BCUT2D eigenvalue weighted by Gasteiger charge is -2.01. The van der Waals surface area contributed by atoms with Crippen LogP contribution in [0.15, 0.2) is 36.7 Å². The molecule has 1 saturated carbocycles. The molecule has 1 aliphatic rings. The van der Waals surface area contributed by atoms with Crippen LogP contribution in [-0.2, 0) is 6.54 Å². The highest BCUT2D eigenvalue weighted by atomic mass is 15.5. The van der Waals surface area contributed by atoms with E-state index >= 15 is 0 Å². The van der Waals surface area contributed by atoms with Crippen LogP contribution in [0.4, 0.5) is 0 Å². The number of hydrogen-bond donors (Lipinski definition) is 2. The molecule has 0 saturated heterocycles. The summed E-state index contributed by atoms with van der Waals surface area (Å²) in [5, 5.41) is 22.1. The van der Waals surface area contributed by atoms with Gasteiger partial charge in [-0.2, -0.15) is 5.10 Å². The Kier molecular flexibility index (Phi) is 2.97. The van der Waals surface area contributed by atoms with Crippen LogP contribution in [0.3, 0.4) is 0 Å². The smallest absolute Gasteiger partial charge is 0.143 e. The topological polar surface area (TPSA) is 84.3 Å². The van der Waals surface area contributed by atoms with E-state index in [2.05, 4.69) is 37.1 Å². The Bertz CT molecular complexity index is 727. The maximum Gasteiger partial charge on any atom is 0.143 e. The zero-order valence-electron chi connectivity index (χ0n) is 11.4. The van der Waals surface area contributed by atoms with Gasteiger partial charge in [-0.05, 0) is 41.5 Å². The minimum Gasteiger partial charge on any atom is -0.308 e. The van der Waals surface area contributed by atoms with E-state index < -0.39 is 0 Å². The van der Waals surface area contributed by atoms with E-state index in [1.807, 2.05) is 24.3 Å². The van der Waals surface area contributed by atoms with E-state index in [1.165, 1.54) is 12.8 Å². The number of hydrogen-bond acceptors (Lipinski definition) is 5. The van der Waals surface area contributed by atoms with Gasteiger partial charge in [-0.1, -0.05) is 12.1 Å². The van der Waals surface area contributed by atoms with E-state index in [0.717, 1.165) is 29.2 Å². The molecule has 7 nitrogen and oxygen atoms in total. The number of rotatable bonds is 5. The van der Waals surface area contributed by atoms with E-state index in [9.17, 15) is 0 Å². The second-order valence-electron chi connectivity index (χ2n) is 5.24. The Hall–Kier alpha value is -2.54. The predicted molar refractivity (Wildman–Crippen MR) is 76.6 cm³/mol. The Morgan fingerprint density at radius 3 is 3.05 bits per heavy atom. The van der Waals surface area contributed by atoms with Gasteiger partial charge in [-0.25, -0.2) is 4.68 Å². The molecule has 0 amide bonds. The first-order valence-corrected chi connectivity index (χ1v) is 7.00. The summed E-state index contributed by atoms with van der Waals surface area (Å²) in [5.41, 5.74) is 3.98. The SMILES string of the molecule is c1cc(-c2cc(CNC3CC3)[nH]n2)cc(-n2cnnn2)c1. The largest absolute Gasteiger partial charge is 0.308 e. The van der Waals surface area contributed by atoms with Crippen LogP contribution in [-0.4, -0.2) is 36.4 Å². The lowest BCUT2D eigenvalue weighted by Crippen LogP contribution is -2.15. The lowest BCUT2D eigenvalue weighted by molar-refractivity contribution is 0.672. The predicted octanol–water partition coefficient (Wildman–Crippen LogP) is 1.30. The number of aromatic amines is 1. The highest BCUT2D eigenvalue weighted by Gasteiger charge is 2.20. The molecule has 3 aromatic rings. The molecule has 4 rings (SSSR count). The van der Waals surface area contributed by atoms with Crippen LogP contribution >= 0.6 is 0 Å². The molecular formula is C14H15N7. The van der Waals surface area contributed by atoms with Gasteiger partial charge in [0, 0.05) is 23.8 Å². The van der Waals surface area contributed by atoms with E-state index in [1.54, 1.807) is 11.0 Å². The standard InChI is InChI=1S/C14H15N7/c1-2-10(6-13(3-1)21-9-16-19-20-21)14-7-12(17-18-14)8-15-11-4-5-11/h1-3,6-7,9,11,15H,4-5,8H2,(H,17,18). The maximum absolute atomic E-state index is 4.38. The van der Waals surface area contributed by atoms with Crippen molar-refractivity contribution in [3.05, 3.63) is 42.4 Å². The summed E-state index contributed by atoms with van der Waals surface area (Å²) in [6.07, 6.45) is 4.15. The molecule has 0 atom stereocenters. The third-order valence-electron chi connectivity index (χ3n) is 3.54. The molecule has 0 aliphatic heterocycles. The number of nitrogens with zero attached hydrogens (tertiary/aromatic N) is 5. The van der Waals surface area contributed by atoms with Gasteiger partial charge in [-0.3, -0.25) is 5.10 Å². The molecule has 0 spiro atoms. The number of nitrogens with one attached hydrogen (secondary N) is 2. The average Bonchev–Trinajstić information content (AvgIpc) is 3.03. The quantitative estimate of drug-likeness (QED) is 0.736. The Labute approximate surface area is 121 Å². The molecule has 0 bridgehead atoms. The van der Waals surface area contributed by atoms with Crippen LogP contribution in [0.5, 0.6) is 0 Å². The van der Waals surface area contributed by atoms with Crippen molar-refractivity contribution in [3.8, 4) is 16.9 Å². The number of H-pyrrole nitrogens is 1. The van der Waals surface area contributed by atoms with E-state index in [-0.39, 0.29) is 0 Å². The Morgan fingerprint density at radius 2 is 2.24 bits per heavy atom. The summed E-state index contributed by atoms with van der Waals surface area (Å²) < 4.78 is 1.63. The van der Waals surface area contributed by atoms with Crippen molar-refractivity contribution < 1.29 is 0 Å². The second kappa shape index (κ2) is 5.10. The highest BCUT2D eigenvalue weighted by Crippen LogP contribution is 2.22. The molecule has 21 heavy (non-hydrogen) atoms. The fourth-order valence-corrected chi connectivity index (χ4v) is 2.23. The fraction of sp³-hybridized carbons (Fsp3) is 0.286. The Balaban J connectivity index is 1.56. The van der Waals surface area contributed by atoms with Crippen LogP contribution < -0.4 is 5.32 Å². The molecular weight excluding hydrogens is 266 g/mol. The lowest BCUT2D eigenvalue weighted by atomic mass is 10.1. The summed E-state index contributed by atoms with van der Waals surface area (Å²) in [5.74, 6) is 0. The minimum atomic E-state index is 0.694. The summed E-state index contributed by atoms with van der Waals surface area (Å²) in [6.45, 7) is 0.838. The minimum absolute atomic E-state index is 0.694. The van der Waals surface area contributed by atoms with Crippen molar-refractivity contribution >= 4 is 0 Å². The molecule has 106 valence electrons. The van der Waals surface area contributed by atoms with Gasteiger partial charge in [0.05, 0.1) is 11.4 Å². The number of aromatic nitrogens is 6. The van der Waals surface area contributed by atoms with Crippen molar-refractivity contribution in [3.63, 3.8) is 0 Å².